The van der Waals surface area contributed by atoms with E-state index in [1.807, 2.05) is 6.92 Å². The molecule has 0 amide bonds. The van der Waals surface area contributed by atoms with Gasteiger partial charge in [-0.3, -0.25) is 0 Å². The number of likely N-dealkylation sites (N-methyl/N-ethyl adjacent to an activating group) is 1. The third-order valence-corrected chi connectivity index (χ3v) is 2.00. The van der Waals surface area contributed by atoms with Gasteiger partial charge in [0.2, 0.25) is 6.29 Å². The summed E-state index contributed by atoms with van der Waals surface area (Å²) in [6, 6.07) is 0. The number of morpholine rings is 1. The summed E-state index contributed by atoms with van der Waals surface area (Å²) in [5, 5.41) is 0. The number of hydrogen-bond donors (Lipinski definition) is 0. The highest BCUT2D eigenvalue weighted by atomic mass is 16.7. The van der Waals surface area contributed by atoms with Crippen molar-refractivity contribution in [3.05, 3.63) is 0 Å². The molecule has 11 heavy (non-hydrogen) atoms. The van der Waals surface area contributed by atoms with Crippen LogP contribution in [0.25, 0.3) is 0 Å². The maximum atomic E-state index is 5.42. The molecule has 3 nitrogen and oxygen atoms in total. The van der Waals surface area contributed by atoms with Gasteiger partial charge >= 0.3 is 0 Å². The van der Waals surface area contributed by atoms with Crippen molar-refractivity contribution in [3.8, 4) is 0 Å². The van der Waals surface area contributed by atoms with E-state index in [0.717, 1.165) is 30.8 Å². The van der Waals surface area contributed by atoms with Crippen molar-refractivity contribution in [1.29, 1.82) is 0 Å². The lowest BCUT2D eigenvalue weighted by molar-refractivity contribution is -0.905. The summed E-state index contributed by atoms with van der Waals surface area (Å²) < 4.78 is 11.8. The number of nitrogens with zero attached hydrogens (tertiary/aromatic N) is 1. The molecule has 0 aliphatic carbocycles. The quantitative estimate of drug-likeness (QED) is 0.546. The first-order chi connectivity index (χ1) is 5.14. The summed E-state index contributed by atoms with van der Waals surface area (Å²) in [5.41, 5.74) is 0. The second-order valence-electron chi connectivity index (χ2n) is 3.60. The Morgan fingerprint density at radius 3 is 2.82 bits per heavy atom. The molecule has 3 heteroatoms. The molecule has 1 saturated heterocycles. The minimum absolute atomic E-state index is 0.0174. The molecule has 1 unspecified atom stereocenters. The van der Waals surface area contributed by atoms with Crippen LogP contribution in [-0.2, 0) is 9.47 Å². The number of quaternary nitrogens is 1. The number of hydrogen-bond acceptors (Lipinski definition) is 2. The first-order valence-electron chi connectivity index (χ1n) is 4.19. The maximum Gasteiger partial charge on any atom is 0.207 e. The van der Waals surface area contributed by atoms with Crippen molar-refractivity contribution < 1.29 is 14.0 Å². The zero-order valence-electron chi connectivity index (χ0n) is 7.67. The molecule has 0 aromatic carbocycles. The normalized spacial score (nSPS) is 30.3. The molecular weight excluding hydrogens is 142 g/mol. The molecule has 66 valence electrons. The molecule has 1 atom stereocenters. The van der Waals surface area contributed by atoms with Crippen LogP contribution in [0.5, 0.6) is 0 Å². The molecule has 1 fully saturated rings. The van der Waals surface area contributed by atoms with Crippen LogP contribution in [-0.4, -0.2) is 51.2 Å². The van der Waals surface area contributed by atoms with Gasteiger partial charge in [0.25, 0.3) is 0 Å². The van der Waals surface area contributed by atoms with Crippen LogP contribution < -0.4 is 0 Å². The lowest BCUT2D eigenvalue weighted by Crippen LogP contribution is -2.53. The summed E-state index contributed by atoms with van der Waals surface area (Å²) in [6.45, 7) is 5.61. The lowest BCUT2D eigenvalue weighted by atomic mass is 10.4. The van der Waals surface area contributed by atoms with Crippen molar-refractivity contribution in [2.75, 3.05) is 40.4 Å². The van der Waals surface area contributed by atoms with Crippen molar-refractivity contribution in [2.45, 2.75) is 13.2 Å². The van der Waals surface area contributed by atoms with E-state index in [1.54, 1.807) is 0 Å². The highest BCUT2D eigenvalue weighted by molar-refractivity contribution is 4.49. The molecule has 0 aromatic heterocycles. The van der Waals surface area contributed by atoms with E-state index < -0.39 is 0 Å². The van der Waals surface area contributed by atoms with E-state index in [9.17, 15) is 0 Å². The van der Waals surface area contributed by atoms with Gasteiger partial charge in [0.05, 0.1) is 20.7 Å². The highest BCUT2D eigenvalue weighted by Gasteiger charge is 2.27. The van der Waals surface area contributed by atoms with Crippen LogP contribution >= 0.6 is 0 Å². The Morgan fingerprint density at radius 1 is 1.55 bits per heavy atom. The van der Waals surface area contributed by atoms with Gasteiger partial charge in [-0.05, 0) is 6.92 Å². The van der Waals surface area contributed by atoms with Gasteiger partial charge in [-0.25, -0.2) is 0 Å². The van der Waals surface area contributed by atoms with Crippen LogP contribution in [0, 0.1) is 0 Å². The zero-order valence-corrected chi connectivity index (χ0v) is 7.67. The van der Waals surface area contributed by atoms with Crippen LogP contribution in [0.4, 0.5) is 0 Å². The van der Waals surface area contributed by atoms with E-state index in [-0.39, 0.29) is 6.29 Å². The lowest BCUT2D eigenvalue weighted by Gasteiger charge is -2.37. The van der Waals surface area contributed by atoms with E-state index in [2.05, 4.69) is 14.1 Å². The smallest absolute Gasteiger partial charge is 0.207 e. The van der Waals surface area contributed by atoms with Crippen molar-refractivity contribution >= 4 is 0 Å². The topological polar surface area (TPSA) is 18.5 Å². The predicted octanol–water partition coefficient (Wildman–Crippen LogP) is 0.456. The number of rotatable bonds is 2. The zero-order chi connectivity index (χ0) is 8.32. The summed E-state index contributed by atoms with van der Waals surface area (Å²) in [7, 11) is 4.41. The molecule has 0 N–H and O–H groups in total. The molecule has 0 radical (unpaired) electrons. The van der Waals surface area contributed by atoms with Crippen LogP contribution in [0.1, 0.15) is 6.92 Å². The monoisotopic (exact) mass is 160 g/mol. The summed E-state index contributed by atoms with van der Waals surface area (Å²) in [6.07, 6.45) is 0.0174. The average molecular weight is 160 g/mol. The van der Waals surface area contributed by atoms with E-state index in [0.29, 0.717) is 0 Å². The Bertz CT molecular complexity index is 123. The van der Waals surface area contributed by atoms with Crippen molar-refractivity contribution in [3.63, 3.8) is 0 Å². The molecule has 1 aliphatic heterocycles. The predicted molar refractivity (Wildman–Crippen MR) is 43.2 cm³/mol. The van der Waals surface area contributed by atoms with Gasteiger partial charge in [-0.1, -0.05) is 0 Å². The molecule has 1 rings (SSSR count). The summed E-state index contributed by atoms with van der Waals surface area (Å²) in [5.74, 6) is 0. The number of ether oxygens (including phenoxy) is 2. The van der Waals surface area contributed by atoms with Gasteiger partial charge in [0.1, 0.15) is 13.1 Å². The Morgan fingerprint density at radius 2 is 2.27 bits per heavy atom. The van der Waals surface area contributed by atoms with Crippen LogP contribution in [0.15, 0.2) is 0 Å². The van der Waals surface area contributed by atoms with Crippen LogP contribution in [0.2, 0.25) is 0 Å². The fraction of sp³-hybridized carbons (Fsp3) is 1.00. The van der Waals surface area contributed by atoms with E-state index >= 15 is 0 Å². The van der Waals surface area contributed by atoms with E-state index in [4.69, 9.17) is 9.47 Å². The Labute approximate surface area is 68.5 Å². The third-order valence-electron chi connectivity index (χ3n) is 2.00. The fourth-order valence-electron chi connectivity index (χ4n) is 1.27. The molecule has 0 bridgehead atoms. The van der Waals surface area contributed by atoms with Gasteiger partial charge in [-0.2, -0.15) is 0 Å². The second-order valence-corrected chi connectivity index (χ2v) is 3.60. The third kappa shape index (κ3) is 2.77. The molecule has 0 spiro atoms. The molecule has 0 aromatic rings. The van der Waals surface area contributed by atoms with Gasteiger partial charge in [0.15, 0.2) is 0 Å². The molecule has 0 saturated carbocycles. The highest BCUT2D eigenvalue weighted by Crippen LogP contribution is 2.10. The summed E-state index contributed by atoms with van der Waals surface area (Å²) >= 11 is 0. The van der Waals surface area contributed by atoms with Gasteiger partial charge < -0.3 is 14.0 Å². The van der Waals surface area contributed by atoms with E-state index in [1.165, 1.54) is 0 Å². The minimum Gasteiger partial charge on any atom is -0.348 e. The Kier molecular flexibility index (Phi) is 2.87. The second kappa shape index (κ2) is 3.52. The SMILES string of the molecule is CCOC1C[N+](C)(C)CCO1. The van der Waals surface area contributed by atoms with Crippen molar-refractivity contribution in [1.82, 2.24) is 0 Å². The Balaban J connectivity index is 2.34. The minimum atomic E-state index is 0.0174. The molecular formula is C8H18NO2+. The molecule has 1 aliphatic rings. The Hall–Kier alpha value is -0.120. The first kappa shape index (κ1) is 8.97. The average Bonchev–Trinajstić information content (AvgIpc) is 1.85. The van der Waals surface area contributed by atoms with Gasteiger partial charge in [-0.15, -0.1) is 0 Å². The maximum absolute atomic E-state index is 5.42. The largest absolute Gasteiger partial charge is 0.348 e. The van der Waals surface area contributed by atoms with Gasteiger partial charge in [0, 0.05) is 6.61 Å². The summed E-state index contributed by atoms with van der Waals surface area (Å²) in [4.78, 5) is 0. The standard InChI is InChI=1S/C8H18NO2/c1-4-10-8-7-9(2,3)5-6-11-8/h8H,4-7H2,1-3H3/q+1. The van der Waals surface area contributed by atoms with Crippen LogP contribution in [0.3, 0.4) is 0 Å². The van der Waals surface area contributed by atoms with Crippen molar-refractivity contribution in [2.24, 2.45) is 0 Å². The fourth-order valence-corrected chi connectivity index (χ4v) is 1.27. The molecule has 1 heterocycles. The first-order valence-corrected chi connectivity index (χ1v) is 4.19.